The third-order valence-electron chi connectivity index (χ3n) is 1.93. The Kier molecular flexibility index (Phi) is 13.3. The Morgan fingerprint density at radius 2 is 1.95 bits per heavy atom. The van der Waals surface area contributed by atoms with E-state index in [1.807, 2.05) is 19.6 Å². The van der Waals surface area contributed by atoms with Crippen LogP contribution in [0, 0.1) is 0 Å². The molecule has 120 valence electrons. The lowest BCUT2D eigenvalue weighted by molar-refractivity contribution is -0.159. The molecule has 0 heterocycles. The molecule has 0 aromatic carbocycles. The summed E-state index contributed by atoms with van der Waals surface area (Å²) in [4.78, 5) is 9.25. The molecule has 2 unspecified atom stereocenters. The summed E-state index contributed by atoms with van der Waals surface area (Å²) in [6, 6.07) is 1.18. The SMILES string of the molecule is C=CC(=O)O.C[Si](C)(C)OC(OCCC[SiH3])C(O)CO. The molecule has 0 saturated heterocycles. The normalized spacial score (nSPS) is 14.1. The van der Waals surface area contributed by atoms with Crippen molar-refractivity contribution in [3.05, 3.63) is 12.7 Å². The molecule has 0 aromatic heterocycles. The predicted octanol–water partition coefficient (Wildman–Crippen LogP) is -0.0354. The fraction of sp³-hybridized carbons (Fsp3) is 0.750. The van der Waals surface area contributed by atoms with E-state index in [0.717, 1.165) is 22.7 Å². The maximum Gasteiger partial charge on any atom is 0.327 e. The van der Waals surface area contributed by atoms with Crippen molar-refractivity contribution in [1.82, 2.24) is 0 Å². The highest BCUT2D eigenvalue weighted by molar-refractivity contribution is 6.69. The van der Waals surface area contributed by atoms with Crippen LogP contribution in [0.5, 0.6) is 0 Å². The van der Waals surface area contributed by atoms with Gasteiger partial charge in [-0.25, -0.2) is 4.79 Å². The van der Waals surface area contributed by atoms with E-state index in [1.165, 1.54) is 6.04 Å². The van der Waals surface area contributed by atoms with E-state index in [9.17, 15) is 9.90 Å². The van der Waals surface area contributed by atoms with Crippen LogP contribution in [0.4, 0.5) is 0 Å². The highest BCUT2D eigenvalue weighted by atomic mass is 28.4. The van der Waals surface area contributed by atoms with E-state index < -0.39 is 26.7 Å². The van der Waals surface area contributed by atoms with Gasteiger partial charge in [0, 0.05) is 22.9 Å². The van der Waals surface area contributed by atoms with Gasteiger partial charge >= 0.3 is 5.97 Å². The molecule has 0 aliphatic carbocycles. The second-order valence-corrected chi connectivity index (χ2v) is 10.6. The van der Waals surface area contributed by atoms with Crippen LogP contribution in [0.15, 0.2) is 12.7 Å². The number of carboxylic acid groups (broad SMARTS) is 1. The van der Waals surface area contributed by atoms with Gasteiger partial charge in [0.25, 0.3) is 0 Å². The van der Waals surface area contributed by atoms with E-state index in [2.05, 4.69) is 6.58 Å². The fourth-order valence-corrected chi connectivity index (χ4v) is 2.21. The van der Waals surface area contributed by atoms with Crippen LogP contribution >= 0.6 is 0 Å². The number of aliphatic carboxylic acids is 1. The van der Waals surface area contributed by atoms with E-state index >= 15 is 0 Å². The summed E-state index contributed by atoms with van der Waals surface area (Å²) in [5.41, 5.74) is 0. The number of ether oxygens (including phenoxy) is 1. The first-order valence-electron chi connectivity index (χ1n) is 6.61. The average Bonchev–Trinajstić information content (AvgIpc) is 2.36. The lowest BCUT2D eigenvalue weighted by Gasteiger charge is -2.29. The third-order valence-corrected chi connectivity index (χ3v) is 3.57. The van der Waals surface area contributed by atoms with Gasteiger partial charge in [0.1, 0.15) is 6.10 Å². The topological polar surface area (TPSA) is 96.2 Å². The minimum absolute atomic E-state index is 0.323. The van der Waals surface area contributed by atoms with Crippen LogP contribution < -0.4 is 0 Å². The molecule has 0 fully saturated rings. The smallest absolute Gasteiger partial charge is 0.327 e. The maximum atomic E-state index is 9.51. The summed E-state index contributed by atoms with van der Waals surface area (Å²) in [6.45, 7) is 9.31. The Labute approximate surface area is 125 Å². The van der Waals surface area contributed by atoms with Gasteiger partial charge in [0.15, 0.2) is 14.6 Å². The minimum Gasteiger partial charge on any atom is -0.478 e. The van der Waals surface area contributed by atoms with Crippen molar-refractivity contribution in [2.75, 3.05) is 13.2 Å². The zero-order valence-corrected chi connectivity index (χ0v) is 15.8. The zero-order valence-electron chi connectivity index (χ0n) is 12.8. The number of hydrogen-bond acceptors (Lipinski definition) is 5. The number of carboxylic acids is 1. The molecule has 0 aliphatic heterocycles. The molecule has 0 aliphatic rings. The zero-order chi connectivity index (χ0) is 16.2. The summed E-state index contributed by atoms with van der Waals surface area (Å²) in [7, 11) is -0.582. The lowest BCUT2D eigenvalue weighted by Crippen LogP contribution is -2.42. The largest absolute Gasteiger partial charge is 0.478 e. The standard InChI is InChI=1S/C9H24O4Si2.C3H4O2/c1-15(2,3)13-9(8(11)7-10)12-5-4-6-14;1-2-3(4)5/h8-11H,4-7H2,1-3,14H3;2H,1H2,(H,4,5). The van der Waals surface area contributed by atoms with Gasteiger partial charge in [-0.1, -0.05) is 12.6 Å². The van der Waals surface area contributed by atoms with Crippen LogP contribution in [-0.2, 0) is 14.0 Å². The monoisotopic (exact) mass is 324 g/mol. The van der Waals surface area contributed by atoms with E-state index in [-0.39, 0.29) is 6.61 Å². The Hall–Kier alpha value is -0.516. The lowest BCUT2D eigenvalue weighted by atomic mass is 10.4. The molecule has 0 spiro atoms. The van der Waals surface area contributed by atoms with Crippen molar-refractivity contribution in [2.24, 2.45) is 0 Å². The molecule has 0 saturated carbocycles. The highest BCUT2D eigenvalue weighted by Gasteiger charge is 2.26. The van der Waals surface area contributed by atoms with Gasteiger partial charge in [-0.2, -0.15) is 0 Å². The summed E-state index contributed by atoms with van der Waals surface area (Å²) in [6.07, 6.45) is 0.219. The Morgan fingerprint density at radius 1 is 1.45 bits per heavy atom. The number of aliphatic hydroxyl groups excluding tert-OH is 2. The van der Waals surface area contributed by atoms with Gasteiger partial charge in [-0.15, -0.1) is 0 Å². The van der Waals surface area contributed by atoms with Gasteiger partial charge in [0.05, 0.1) is 6.61 Å². The second-order valence-electron chi connectivity index (χ2n) is 5.12. The molecule has 0 bridgehead atoms. The molecule has 2 atom stereocenters. The van der Waals surface area contributed by atoms with Gasteiger partial charge in [0.2, 0.25) is 0 Å². The molecule has 8 heteroatoms. The van der Waals surface area contributed by atoms with Crippen molar-refractivity contribution in [3.8, 4) is 0 Å². The molecular weight excluding hydrogens is 296 g/mol. The molecule has 6 nitrogen and oxygen atoms in total. The molecule has 0 rings (SSSR count). The third kappa shape index (κ3) is 15.5. The Bertz CT molecular complexity index is 267. The van der Waals surface area contributed by atoms with Crippen molar-refractivity contribution in [2.45, 2.75) is 44.5 Å². The van der Waals surface area contributed by atoms with Gasteiger partial charge < -0.3 is 24.5 Å². The average molecular weight is 325 g/mol. The number of hydrogen-bond donors (Lipinski definition) is 3. The first kappa shape index (κ1) is 21.8. The molecule has 20 heavy (non-hydrogen) atoms. The van der Waals surface area contributed by atoms with Crippen LogP contribution in [0.1, 0.15) is 6.42 Å². The van der Waals surface area contributed by atoms with Crippen molar-refractivity contribution >= 4 is 24.5 Å². The molecular formula is C12H28O6Si2. The van der Waals surface area contributed by atoms with Gasteiger partial charge in [-0.3, -0.25) is 0 Å². The van der Waals surface area contributed by atoms with Crippen LogP contribution in [0.3, 0.4) is 0 Å². The minimum atomic E-state index is -1.75. The van der Waals surface area contributed by atoms with E-state index in [4.69, 9.17) is 19.4 Å². The van der Waals surface area contributed by atoms with Crippen LogP contribution in [0.25, 0.3) is 0 Å². The first-order chi connectivity index (χ1) is 9.17. The maximum absolute atomic E-state index is 9.51. The predicted molar refractivity (Wildman–Crippen MR) is 84.5 cm³/mol. The van der Waals surface area contributed by atoms with Crippen LogP contribution in [-0.4, -0.2) is 65.5 Å². The van der Waals surface area contributed by atoms with Crippen LogP contribution in [0.2, 0.25) is 25.7 Å². The van der Waals surface area contributed by atoms with Crippen molar-refractivity contribution in [1.29, 1.82) is 0 Å². The molecule has 0 amide bonds. The van der Waals surface area contributed by atoms with Crippen molar-refractivity contribution < 1.29 is 29.3 Å². The number of aliphatic hydroxyl groups is 2. The quantitative estimate of drug-likeness (QED) is 0.238. The highest BCUT2D eigenvalue weighted by Crippen LogP contribution is 2.12. The summed E-state index contributed by atoms with van der Waals surface area (Å²) in [5, 5.41) is 26.0. The molecule has 0 aromatic rings. The Balaban J connectivity index is 0. The van der Waals surface area contributed by atoms with Crippen molar-refractivity contribution in [3.63, 3.8) is 0 Å². The Morgan fingerprint density at radius 3 is 2.25 bits per heavy atom. The molecule has 3 N–H and O–H groups in total. The van der Waals surface area contributed by atoms with E-state index in [1.54, 1.807) is 0 Å². The number of rotatable bonds is 9. The second kappa shape index (κ2) is 12.2. The summed E-state index contributed by atoms with van der Waals surface area (Å²) in [5.74, 6) is -0.981. The summed E-state index contributed by atoms with van der Waals surface area (Å²) >= 11 is 0. The van der Waals surface area contributed by atoms with Gasteiger partial charge in [-0.05, 0) is 26.1 Å². The first-order valence-corrected chi connectivity index (χ1v) is 11.4. The van der Waals surface area contributed by atoms with E-state index in [0.29, 0.717) is 6.61 Å². The summed E-state index contributed by atoms with van der Waals surface area (Å²) < 4.78 is 11.1. The fourth-order valence-electron chi connectivity index (χ4n) is 1.00. The number of carbonyl (C=O) groups is 1. The molecule has 0 radical (unpaired) electrons.